The first-order valence-electron chi connectivity index (χ1n) is 9.84. The van der Waals surface area contributed by atoms with Crippen LogP contribution < -0.4 is 10.4 Å². The van der Waals surface area contributed by atoms with Crippen molar-refractivity contribution in [2.24, 2.45) is 4.99 Å². The van der Waals surface area contributed by atoms with Crippen LogP contribution in [0.25, 0.3) is 5.69 Å². The van der Waals surface area contributed by atoms with Crippen LogP contribution in [0.3, 0.4) is 0 Å². The quantitative estimate of drug-likeness (QED) is 0.430. The van der Waals surface area contributed by atoms with Crippen LogP contribution in [0.15, 0.2) is 59.6 Å². The van der Waals surface area contributed by atoms with Crippen LogP contribution in [0, 0.1) is 11.5 Å². The molecule has 1 unspecified atom stereocenters. The highest BCUT2D eigenvalue weighted by Gasteiger charge is 2.40. The normalized spacial score (nSPS) is 16.3. The Morgan fingerprint density at radius 3 is 2.41 bits per heavy atom. The number of alkyl halides is 3. The van der Waals surface area contributed by atoms with Gasteiger partial charge in [0.2, 0.25) is 12.1 Å². The van der Waals surface area contributed by atoms with E-state index in [-0.39, 0.29) is 29.1 Å². The number of likely N-dealkylation sites (N-methyl/N-ethyl adjacent to an activating group) is 1. The summed E-state index contributed by atoms with van der Waals surface area (Å²) in [5.41, 5.74) is 0.696. The van der Waals surface area contributed by atoms with Gasteiger partial charge in [-0.1, -0.05) is 30.3 Å². The third-order valence-corrected chi connectivity index (χ3v) is 5.07. The number of imide groups is 1. The van der Waals surface area contributed by atoms with Gasteiger partial charge < -0.3 is 4.74 Å². The number of amides is 2. The van der Waals surface area contributed by atoms with Gasteiger partial charge in [0, 0.05) is 7.05 Å². The molecule has 0 bridgehead atoms. The lowest BCUT2D eigenvalue weighted by molar-refractivity contribution is -0.274. The van der Waals surface area contributed by atoms with Crippen LogP contribution in [-0.2, 0) is 11.2 Å². The zero-order valence-electron chi connectivity index (χ0n) is 17.5. The number of fused-ring (bicyclic) bond motifs is 1. The van der Waals surface area contributed by atoms with Crippen LogP contribution in [0.4, 0.5) is 13.2 Å². The van der Waals surface area contributed by atoms with Crippen LogP contribution in [-0.4, -0.2) is 44.9 Å². The van der Waals surface area contributed by atoms with Gasteiger partial charge in [-0.05, 0) is 36.2 Å². The lowest BCUT2D eigenvalue weighted by Crippen LogP contribution is -2.46. The molecule has 0 saturated carbocycles. The zero-order valence-corrected chi connectivity index (χ0v) is 17.5. The van der Waals surface area contributed by atoms with E-state index >= 15 is 0 Å². The Morgan fingerprint density at radius 2 is 1.79 bits per heavy atom. The first kappa shape index (κ1) is 22.7. The molecule has 0 radical (unpaired) electrons. The van der Waals surface area contributed by atoms with Crippen molar-refractivity contribution in [3.63, 3.8) is 0 Å². The molecule has 0 spiro atoms. The molecule has 3 aromatic rings. The summed E-state index contributed by atoms with van der Waals surface area (Å²) >= 11 is 0. The SMILES string of the molecule is CN1C(=O)c2nn(-c3ccc(OC(F)(F)F)cc3)c(=NC#N)nc2C(Cc2ccccc2)C1=O. The second-order valence-electron chi connectivity index (χ2n) is 7.26. The number of aromatic nitrogens is 3. The van der Waals surface area contributed by atoms with Crippen LogP contribution in [0.1, 0.15) is 27.7 Å². The number of carbonyl (C=O) groups excluding carboxylic acids is 2. The van der Waals surface area contributed by atoms with E-state index in [1.807, 2.05) is 30.3 Å². The van der Waals surface area contributed by atoms with E-state index in [2.05, 4.69) is 19.8 Å². The molecular formula is C22H15F3N6O3. The smallest absolute Gasteiger partial charge is 0.406 e. The molecule has 12 heteroatoms. The van der Waals surface area contributed by atoms with E-state index in [0.29, 0.717) is 0 Å². The molecule has 4 rings (SSSR count). The van der Waals surface area contributed by atoms with Gasteiger partial charge in [0.15, 0.2) is 5.69 Å². The summed E-state index contributed by atoms with van der Waals surface area (Å²) in [4.78, 5) is 34.6. The Labute approximate surface area is 190 Å². The number of nitrogens with zero attached hydrogens (tertiary/aromatic N) is 6. The fourth-order valence-corrected chi connectivity index (χ4v) is 3.52. The Morgan fingerprint density at radius 1 is 1.12 bits per heavy atom. The van der Waals surface area contributed by atoms with E-state index < -0.39 is 29.8 Å². The molecule has 0 N–H and O–H groups in total. The molecule has 1 aliphatic heterocycles. The molecule has 9 nitrogen and oxygen atoms in total. The molecule has 1 atom stereocenters. The van der Waals surface area contributed by atoms with Crippen molar-refractivity contribution in [3.05, 3.63) is 77.2 Å². The minimum absolute atomic E-state index is 0.0687. The summed E-state index contributed by atoms with van der Waals surface area (Å²) in [7, 11) is 1.33. The Balaban J connectivity index is 1.83. The van der Waals surface area contributed by atoms with E-state index in [1.54, 1.807) is 6.19 Å². The number of ether oxygens (including phenoxy) is 1. The van der Waals surface area contributed by atoms with E-state index in [9.17, 15) is 22.8 Å². The lowest BCUT2D eigenvalue weighted by atomic mass is 9.90. The van der Waals surface area contributed by atoms with Gasteiger partial charge in [-0.15, -0.1) is 18.2 Å². The molecule has 0 aliphatic carbocycles. The fraction of sp³-hybridized carbons (Fsp3) is 0.182. The molecule has 0 saturated heterocycles. The van der Waals surface area contributed by atoms with Crippen molar-refractivity contribution in [3.8, 4) is 17.6 Å². The third kappa shape index (κ3) is 4.49. The summed E-state index contributed by atoms with van der Waals surface area (Å²) < 4.78 is 42.3. The van der Waals surface area contributed by atoms with Gasteiger partial charge in [-0.3, -0.25) is 14.5 Å². The number of halogens is 3. The Bertz CT molecular complexity index is 1360. The predicted molar refractivity (Wildman–Crippen MR) is 109 cm³/mol. The van der Waals surface area contributed by atoms with Crippen molar-refractivity contribution >= 4 is 11.8 Å². The first-order chi connectivity index (χ1) is 16.2. The average molecular weight is 468 g/mol. The van der Waals surface area contributed by atoms with Crippen molar-refractivity contribution < 1.29 is 27.5 Å². The van der Waals surface area contributed by atoms with Crippen LogP contribution >= 0.6 is 0 Å². The van der Waals surface area contributed by atoms with Crippen molar-refractivity contribution in [2.75, 3.05) is 7.05 Å². The Kier molecular flexibility index (Phi) is 5.85. The van der Waals surface area contributed by atoms with Crippen molar-refractivity contribution in [2.45, 2.75) is 18.7 Å². The highest BCUT2D eigenvalue weighted by Crippen LogP contribution is 2.29. The molecule has 0 fully saturated rings. The summed E-state index contributed by atoms with van der Waals surface area (Å²) in [5.74, 6) is -2.50. The summed E-state index contributed by atoms with van der Waals surface area (Å²) in [6.45, 7) is 0. The van der Waals surface area contributed by atoms with Gasteiger partial charge in [0.05, 0.1) is 17.3 Å². The standard InChI is InChI=1S/C22H15F3N6O3/c1-30-19(32)16(11-13-5-3-2-4-6-13)17-18(20(30)33)29-31(21(28-17)27-12-26)14-7-9-15(10-8-14)34-22(23,24)25/h2-10,16H,11H2,1H3. The minimum Gasteiger partial charge on any atom is -0.406 e. The van der Waals surface area contributed by atoms with Gasteiger partial charge in [0.25, 0.3) is 11.5 Å². The van der Waals surface area contributed by atoms with Gasteiger partial charge in [-0.2, -0.15) is 15.0 Å². The lowest BCUT2D eigenvalue weighted by Gasteiger charge is -2.28. The molecule has 2 amide bonds. The number of carbonyl (C=O) groups is 2. The number of hydrogen-bond donors (Lipinski definition) is 0. The van der Waals surface area contributed by atoms with Crippen LogP contribution in [0.2, 0.25) is 0 Å². The van der Waals surface area contributed by atoms with Gasteiger partial charge in [0.1, 0.15) is 5.75 Å². The topological polar surface area (TPSA) is 113 Å². The maximum Gasteiger partial charge on any atom is 0.573 e. The number of hydrogen-bond acceptors (Lipinski definition) is 7. The maximum atomic E-state index is 12.9. The third-order valence-electron chi connectivity index (χ3n) is 5.07. The second-order valence-corrected chi connectivity index (χ2v) is 7.26. The highest BCUT2D eigenvalue weighted by atomic mass is 19.4. The zero-order chi connectivity index (χ0) is 24.5. The molecule has 1 aliphatic rings. The Hall–Kier alpha value is -4.53. The highest BCUT2D eigenvalue weighted by molar-refractivity contribution is 6.09. The first-order valence-corrected chi connectivity index (χ1v) is 9.84. The van der Waals surface area contributed by atoms with Crippen molar-refractivity contribution in [1.29, 1.82) is 5.26 Å². The van der Waals surface area contributed by atoms with E-state index in [1.165, 1.54) is 19.2 Å². The van der Waals surface area contributed by atoms with E-state index in [4.69, 9.17) is 5.26 Å². The van der Waals surface area contributed by atoms with Gasteiger partial charge in [-0.25, -0.2) is 4.98 Å². The number of rotatable bonds is 4. The fourth-order valence-electron chi connectivity index (χ4n) is 3.52. The molecule has 1 aromatic heterocycles. The number of nitriles is 1. The maximum absolute atomic E-state index is 12.9. The van der Waals surface area contributed by atoms with Gasteiger partial charge >= 0.3 is 6.36 Å². The second kappa shape index (κ2) is 8.78. The molecule has 2 heterocycles. The molecule has 34 heavy (non-hydrogen) atoms. The summed E-state index contributed by atoms with van der Waals surface area (Å²) in [6.07, 6.45) is -3.04. The average Bonchev–Trinajstić information content (AvgIpc) is 2.81. The monoisotopic (exact) mass is 468 g/mol. The summed E-state index contributed by atoms with van der Waals surface area (Å²) in [5, 5.41) is 13.4. The molecular weight excluding hydrogens is 453 g/mol. The minimum atomic E-state index is -4.86. The van der Waals surface area contributed by atoms with Crippen molar-refractivity contribution in [1.82, 2.24) is 19.7 Å². The van der Waals surface area contributed by atoms with Crippen LogP contribution in [0.5, 0.6) is 5.75 Å². The molecule has 172 valence electrons. The predicted octanol–water partition coefficient (Wildman–Crippen LogP) is 2.49. The number of benzene rings is 2. The summed E-state index contributed by atoms with van der Waals surface area (Å²) in [6, 6.07) is 13.7. The largest absolute Gasteiger partial charge is 0.573 e. The molecule has 2 aromatic carbocycles. The van der Waals surface area contributed by atoms with E-state index in [0.717, 1.165) is 27.3 Å².